The average molecular weight is 388 g/mol. The van der Waals surface area contributed by atoms with E-state index in [1.807, 2.05) is 30.3 Å². The maximum Gasteiger partial charge on any atom is 0.421 e. The van der Waals surface area contributed by atoms with E-state index in [2.05, 4.69) is 15.2 Å². The second-order valence-corrected chi connectivity index (χ2v) is 6.34. The molecule has 1 amide bonds. The van der Waals surface area contributed by atoms with Gasteiger partial charge in [0, 0.05) is 11.8 Å². The Morgan fingerprint density at radius 1 is 1.14 bits per heavy atom. The second kappa shape index (κ2) is 6.99. The molecule has 0 atom stereocenters. The van der Waals surface area contributed by atoms with Gasteiger partial charge in [0.15, 0.2) is 0 Å². The molecule has 0 aliphatic carbocycles. The first-order chi connectivity index (χ1) is 13.4. The smallest absolute Gasteiger partial charge is 0.421 e. The van der Waals surface area contributed by atoms with E-state index in [0.29, 0.717) is 11.4 Å². The van der Waals surface area contributed by atoms with Crippen molar-refractivity contribution in [2.24, 2.45) is 0 Å². The van der Waals surface area contributed by atoms with E-state index in [-0.39, 0.29) is 19.0 Å². The minimum atomic E-state index is -4.55. The lowest BCUT2D eigenvalue weighted by Gasteiger charge is -2.38. The number of amides is 1. The van der Waals surface area contributed by atoms with E-state index in [1.165, 1.54) is 17.2 Å². The summed E-state index contributed by atoms with van der Waals surface area (Å²) >= 11 is 0. The Labute approximate surface area is 158 Å². The zero-order valence-electron chi connectivity index (χ0n) is 14.5. The molecule has 4 rings (SSSR count). The van der Waals surface area contributed by atoms with E-state index >= 15 is 0 Å². The van der Waals surface area contributed by atoms with Gasteiger partial charge in [0.1, 0.15) is 17.4 Å². The van der Waals surface area contributed by atoms with Crippen LogP contribution >= 0.6 is 0 Å². The first-order valence-corrected chi connectivity index (χ1v) is 8.51. The van der Waals surface area contributed by atoms with Crippen LogP contribution in [0, 0.1) is 0 Å². The number of alkyl halides is 3. The molecule has 1 aliphatic heterocycles. The molecule has 1 fully saturated rings. The molecular weight excluding hydrogens is 373 g/mol. The van der Waals surface area contributed by atoms with Gasteiger partial charge in [-0.15, -0.1) is 0 Å². The number of pyridine rings is 1. The number of rotatable bonds is 4. The topological polar surface area (TPSA) is 71.1 Å². The number of hydrogen-bond acceptors (Lipinski definition) is 4. The predicted octanol–water partition coefficient (Wildman–Crippen LogP) is 3.39. The van der Waals surface area contributed by atoms with E-state index in [9.17, 15) is 18.0 Å². The summed E-state index contributed by atoms with van der Waals surface area (Å²) in [6.07, 6.45) is -3.86. The van der Waals surface area contributed by atoms with Crippen molar-refractivity contribution in [3.8, 4) is 17.1 Å². The van der Waals surface area contributed by atoms with Crippen molar-refractivity contribution in [2.75, 3.05) is 13.1 Å². The first kappa shape index (κ1) is 18.0. The molecule has 144 valence electrons. The summed E-state index contributed by atoms with van der Waals surface area (Å²) in [5.41, 5.74) is 0.894. The molecule has 1 aromatic carbocycles. The minimum absolute atomic E-state index is 0.173. The number of halogens is 3. The molecule has 1 aliphatic rings. The molecule has 0 saturated carbocycles. The highest BCUT2D eigenvalue weighted by molar-refractivity contribution is 5.94. The van der Waals surface area contributed by atoms with Crippen molar-refractivity contribution in [2.45, 2.75) is 12.3 Å². The number of hydrogen-bond donors (Lipinski definition) is 1. The third kappa shape index (κ3) is 3.55. The molecule has 3 heterocycles. The monoisotopic (exact) mass is 388 g/mol. The first-order valence-electron chi connectivity index (χ1n) is 8.51. The molecule has 3 aromatic rings. The lowest BCUT2D eigenvalue weighted by Crippen LogP contribution is -2.56. The van der Waals surface area contributed by atoms with Crippen LogP contribution in [0.4, 0.5) is 13.2 Å². The molecule has 28 heavy (non-hydrogen) atoms. The summed E-state index contributed by atoms with van der Waals surface area (Å²) in [4.78, 5) is 17.6. The molecule has 0 bridgehead atoms. The Hall–Kier alpha value is -3.36. The Morgan fingerprint density at radius 3 is 2.61 bits per heavy atom. The fraction of sp³-hybridized carbons (Fsp3) is 0.211. The van der Waals surface area contributed by atoms with Crippen molar-refractivity contribution in [3.63, 3.8) is 0 Å². The van der Waals surface area contributed by atoms with E-state index in [1.54, 1.807) is 6.07 Å². The zero-order valence-corrected chi connectivity index (χ0v) is 14.5. The molecule has 9 heteroatoms. The van der Waals surface area contributed by atoms with E-state index in [0.717, 1.165) is 11.6 Å². The SMILES string of the molecule is O=C(c1cc(-c2ccccc2)n[nH]1)N1CC(Oc2ncccc2C(F)(F)F)C1. The van der Waals surface area contributed by atoms with Crippen LogP contribution in [0.3, 0.4) is 0 Å². The summed E-state index contributed by atoms with van der Waals surface area (Å²) in [6.45, 7) is 0.346. The third-order valence-electron chi connectivity index (χ3n) is 4.37. The van der Waals surface area contributed by atoms with Gasteiger partial charge in [-0.1, -0.05) is 30.3 Å². The van der Waals surface area contributed by atoms with Crippen molar-refractivity contribution in [1.82, 2.24) is 20.1 Å². The van der Waals surface area contributed by atoms with Crippen LogP contribution in [0.1, 0.15) is 16.1 Å². The number of nitrogens with one attached hydrogen (secondary N) is 1. The van der Waals surface area contributed by atoms with Gasteiger partial charge in [-0.2, -0.15) is 18.3 Å². The molecule has 2 aromatic heterocycles. The summed E-state index contributed by atoms with van der Waals surface area (Å²) in [5, 5.41) is 6.84. The number of nitrogens with zero attached hydrogens (tertiary/aromatic N) is 3. The Kier molecular flexibility index (Phi) is 4.50. The van der Waals surface area contributed by atoms with Gasteiger partial charge in [-0.25, -0.2) is 4.98 Å². The van der Waals surface area contributed by atoms with Crippen molar-refractivity contribution < 1.29 is 22.7 Å². The molecule has 0 radical (unpaired) electrons. The zero-order chi connectivity index (χ0) is 19.7. The number of aromatic nitrogens is 3. The molecule has 6 nitrogen and oxygen atoms in total. The highest BCUT2D eigenvalue weighted by Gasteiger charge is 2.38. The summed E-state index contributed by atoms with van der Waals surface area (Å²) in [6, 6.07) is 13.1. The predicted molar refractivity (Wildman–Crippen MR) is 93.6 cm³/mol. The van der Waals surface area contributed by atoms with Gasteiger partial charge in [0.05, 0.1) is 18.8 Å². The summed E-state index contributed by atoms with van der Waals surface area (Å²) in [7, 11) is 0. The second-order valence-electron chi connectivity index (χ2n) is 6.34. The van der Waals surface area contributed by atoms with Crippen LogP contribution in [0.15, 0.2) is 54.7 Å². The number of ether oxygens (including phenoxy) is 1. The molecule has 1 saturated heterocycles. The molecule has 0 unspecified atom stereocenters. The lowest BCUT2D eigenvalue weighted by atomic mass is 10.1. The maximum absolute atomic E-state index is 13.0. The van der Waals surface area contributed by atoms with Crippen LogP contribution in [-0.2, 0) is 6.18 Å². The van der Waals surface area contributed by atoms with E-state index in [4.69, 9.17) is 4.74 Å². The number of carbonyl (C=O) groups is 1. The maximum atomic E-state index is 13.0. The summed E-state index contributed by atoms with van der Waals surface area (Å²) in [5.74, 6) is -0.758. The highest BCUT2D eigenvalue weighted by atomic mass is 19.4. The minimum Gasteiger partial charge on any atom is -0.470 e. The Morgan fingerprint density at radius 2 is 1.89 bits per heavy atom. The largest absolute Gasteiger partial charge is 0.470 e. The van der Waals surface area contributed by atoms with Gasteiger partial charge in [0.2, 0.25) is 5.88 Å². The van der Waals surface area contributed by atoms with Gasteiger partial charge in [-0.05, 0) is 18.2 Å². The normalized spacial score (nSPS) is 14.6. The van der Waals surface area contributed by atoms with Gasteiger partial charge < -0.3 is 9.64 Å². The number of benzene rings is 1. The Bertz CT molecular complexity index is 982. The molecule has 1 N–H and O–H groups in total. The summed E-state index contributed by atoms with van der Waals surface area (Å²) < 4.78 is 44.3. The van der Waals surface area contributed by atoms with Gasteiger partial charge in [-0.3, -0.25) is 9.89 Å². The van der Waals surface area contributed by atoms with Crippen LogP contribution in [-0.4, -0.2) is 45.2 Å². The van der Waals surface area contributed by atoms with Crippen molar-refractivity contribution in [3.05, 3.63) is 66.0 Å². The molecule has 0 spiro atoms. The molecular formula is C19H15F3N4O2. The van der Waals surface area contributed by atoms with Gasteiger partial charge in [0.25, 0.3) is 5.91 Å². The number of aromatic amines is 1. The van der Waals surface area contributed by atoms with Crippen molar-refractivity contribution >= 4 is 5.91 Å². The fourth-order valence-corrected chi connectivity index (χ4v) is 2.90. The lowest BCUT2D eigenvalue weighted by molar-refractivity contribution is -0.140. The van der Waals surface area contributed by atoms with Gasteiger partial charge >= 0.3 is 6.18 Å². The number of H-pyrrole nitrogens is 1. The van der Waals surface area contributed by atoms with Crippen LogP contribution in [0.5, 0.6) is 5.88 Å². The van der Waals surface area contributed by atoms with Crippen LogP contribution in [0.25, 0.3) is 11.3 Å². The number of likely N-dealkylation sites (tertiary alicyclic amines) is 1. The van der Waals surface area contributed by atoms with E-state index < -0.39 is 23.7 Å². The Balaban J connectivity index is 1.39. The quantitative estimate of drug-likeness (QED) is 0.744. The van der Waals surface area contributed by atoms with Crippen LogP contribution in [0.2, 0.25) is 0 Å². The third-order valence-corrected chi connectivity index (χ3v) is 4.37. The highest BCUT2D eigenvalue weighted by Crippen LogP contribution is 2.35. The fourth-order valence-electron chi connectivity index (χ4n) is 2.90. The standard InChI is InChI=1S/C19H15F3N4O2/c20-19(21,22)14-7-4-8-23-17(14)28-13-10-26(11-13)18(27)16-9-15(24-25-16)12-5-2-1-3-6-12/h1-9,13H,10-11H2,(H,24,25). The van der Waals surface area contributed by atoms with Crippen LogP contribution < -0.4 is 4.74 Å². The number of carbonyl (C=O) groups excluding carboxylic acids is 1. The average Bonchev–Trinajstić information content (AvgIpc) is 3.14. The van der Waals surface area contributed by atoms with Crippen molar-refractivity contribution in [1.29, 1.82) is 0 Å².